The smallest absolute Gasteiger partial charge is 0.277 e. The van der Waals surface area contributed by atoms with E-state index in [0.29, 0.717) is 24.1 Å². The van der Waals surface area contributed by atoms with E-state index in [1.54, 1.807) is 13.8 Å². The second-order valence-electron chi connectivity index (χ2n) is 4.75. The maximum Gasteiger partial charge on any atom is 0.277 e. The van der Waals surface area contributed by atoms with Crippen molar-refractivity contribution >= 4 is 5.91 Å². The van der Waals surface area contributed by atoms with E-state index in [-0.39, 0.29) is 12.1 Å². The molecule has 0 aliphatic heterocycles. The number of aromatic amines is 1. The highest BCUT2D eigenvalue weighted by Crippen LogP contribution is 2.13. The molecule has 0 unspecified atom stereocenters. The van der Waals surface area contributed by atoms with Crippen LogP contribution in [0.5, 0.6) is 0 Å². The first-order chi connectivity index (χ1) is 8.84. The zero-order chi connectivity index (χ0) is 14.6. The average molecular weight is 267 g/mol. The van der Waals surface area contributed by atoms with Crippen molar-refractivity contribution in [3.63, 3.8) is 0 Å². The molecule has 0 saturated heterocycles. The van der Waals surface area contributed by atoms with E-state index in [1.165, 1.54) is 0 Å². The molecule has 1 rings (SSSR count). The summed E-state index contributed by atoms with van der Waals surface area (Å²) in [4.78, 5) is 23.7. The Morgan fingerprint density at radius 2 is 1.95 bits per heavy atom. The molecule has 0 fully saturated rings. The molecule has 19 heavy (non-hydrogen) atoms. The Bertz CT molecular complexity index is 518. The minimum Gasteiger partial charge on any atom is -0.388 e. The van der Waals surface area contributed by atoms with Crippen LogP contribution in [0.25, 0.3) is 0 Å². The summed E-state index contributed by atoms with van der Waals surface area (Å²) in [7, 11) is 0. The Labute approximate surface area is 112 Å². The van der Waals surface area contributed by atoms with Crippen molar-refractivity contribution in [2.45, 2.75) is 46.1 Å². The molecule has 6 heteroatoms. The van der Waals surface area contributed by atoms with Gasteiger partial charge in [-0.25, -0.2) is 5.10 Å². The Kier molecular flexibility index (Phi) is 4.83. The number of carbonyl (C=O) groups excluding carboxylic acids is 1. The lowest BCUT2D eigenvalue weighted by atomic mass is 9.97. The van der Waals surface area contributed by atoms with Crippen molar-refractivity contribution in [2.75, 3.05) is 6.54 Å². The van der Waals surface area contributed by atoms with Crippen LogP contribution in [0.3, 0.4) is 0 Å². The van der Waals surface area contributed by atoms with Gasteiger partial charge >= 0.3 is 0 Å². The van der Waals surface area contributed by atoms with Crippen molar-refractivity contribution in [3.8, 4) is 0 Å². The SMILES string of the molecule is CCC(O)(CC)CNC(=O)c1c(C)c(C)n[nH]c1=O. The van der Waals surface area contributed by atoms with Gasteiger partial charge in [-0.2, -0.15) is 5.10 Å². The Morgan fingerprint density at radius 3 is 2.47 bits per heavy atom. The number of H-pyrrole nitrogens is 1. The first-order valence-corrected chi connectivity index (χ1v) is 6.41. The summed E-state index contributed by atoms with van der Waals surface area (Å²) >= 11 is 0. The van der Waals surface area contributed by atoms with E-state index in [1.807, 2.05) is 13.8 Å². The maximum atomic E-state index is 12.0. The van der Waals surface area contributed by atoms with Gasteiger partial charge in [-0.1, -0.05) is 13.8 Å². The van der Waals surface area contributed by atoms with Gasteiger partial charge in [0, 0.05) is 6.54 Å². The number of hydrogen-bond donors (Lipinski definition) is 3. The number of aryl methyl sites for hydroxylation is 1. The summed E-state index contributed by atoms with van der Waals surface area (Å²) in [5.41, 5.74) is -0.235. The third-order valence-electron chi connectivity index (χ3n) is 3.59. The summed E-state index contributed by atoms with van der Waals surface area (Å²) in [5, 5.41) is 18.8. The molecule has 0 saturated carbocycles. The largest absolute Gasteiger partial charge is 0.388 e. The van der Waals surface area contributed by atoms with E-state index in [0.717, 1.165) is 0 Å². The lowest BCUT2D eigenvalue weighted by molar-refractivity contribution is 0.0313. The van der Waals surface area contributed by atoms with Gasteiger partial charge in [0.05, 0.1) is 11.3 Å². The van der Waals surface area contributed by atoms with Gasteiger partial charge in [0.15, 0.2) is 0 Å². The first-order valence-electron chi connectivity index (χ1n) is 6.41. The van der Waals surface area contributed by atoms with Crippen molar-refractivity contribution in [2.24, 2.45) is 0 Å². The predicted octanol–water partition coefficient (Wildman–Crippen LogP) is 0.668. The van der Waals surface area contributed by atoms with E-state index in [9.17, 15) is 14.7 Å². The number of carbonyl (C=O) groups is 1. The van der Waals surface area contributed by atoms with Gasteiger partial charge in [0.1, 0.15) is 5.56 Å². The van der Waals surface area contributed by atoms with Gasteiger partial charge < -0.3 is 10.4 Å². The van der Waals surface area contributed by atoms with Gasteiger partial charge in [0.25, 0.3) is 11.5 Å². The van der Waals surface area contributed by atoms with Crippen molar-refractivity contribution in [1.29, 1.82) is 0 Å². The van der Waals surface area contributed by atoms with Crippen LogP contribution in [0, 0.1) is 13.8 Å². The lowest BCUT2D eigenvalue weighted by Crippen LogP contribution is -2.43. The highest BCUT2D eigenvalue weighted by Gasteiger charge is 2.24. The molecule has 0 aliphatic carbocycles. The van der Waals surface area contributed by atoms with Crippen molar-refractivity contribution in [1.82, 2.24) is 15.5 Å². The van der Waals surface area contributed by atoms with Crippen LogP contribution in [0.4, 0.5) is 0 Å². The Morgan fingerprint density at radius 1 is 1.37 bits per heavy atom. The molecule has 0 atom stereocenters. The van der Waals surface area contributed by atoms with Gasteiger partial charge in [-0.15, -0.1) is 0 Å². The molecule has 106 valence electrons. The summed E-state index contributed by atoms with van der Waals surface area (Å²) in [6.45, 7) is 7.22. The summed E-state index contributed by atoms with van der Waals surface area (Å²) in [5.74, 6) is -0.482. The summed E-state index contributed by atoms with van der Waals surface area (Å²) in [6, 6.07) is 0. The van der Waals surface area contributed by atoms with Gasteiger partial charge in [-0.3, -0.25) is 9.59 Å². The highest BCUT2D eigenvalue weighted by molar-refractivity contribution is 5.95. The van der Waals surface area contributed by atoms with Gasteiger partial charge in [-0.05, 0) is 32.3 Å². The van der Waals surface area contributed by atoms with Crippen LogP contribution in [-0.4, -0.2) is 33.4 Å². The van der Waals surface area contributed by atoms with Crippen LogP contribution in [0.1, 0.15) is 48.3 Å². The molecule has 3 N–H and O–H groups in total. The molecule has 0 radical (unpaired) electrons. The standard InChI is InChI=1S/C13H21N3O3/c1-5-13(19,6-2)7-14-11(17)10-8(3)9(4)15-16-12(10)18/h19H,5-7H2,1-4H3,(H,14,17)(H,16,18). The normalized spacial score (nSPS) is 11.4. The van der Waals surface area contributed by atoms with Crippen LogP contribution in [0.2, 0.25) is 0 Å². The minimum atomic E-state index is -0.932. The molecule has 1 heterocycles. The number of aromatic nitrogens is 2. The zero-order valence-electron chi connectivity index (χ0n) is 11.8. The molecule has 0 bridgehead atoms. The number of amides is 1. The lowest BCUT2D eigenvalue weighted by Gasteiger charge is -2.25. The second kappa shape index (κ2) is 5.97. The number of hydrogen-bond acceptors (Lipinski definition) is 4. The van der Waals surface area contributed by atoms with Crippen LogP contribution in [0.15, 0.2) is 4.79 Å². The van der Waals surface area contributed by atoms with E-state index in [4.69, 9.17) is 0 Å². The molecule has 0 aromatic carbocycles. The van der Waals surface area contributed by atoms with E-state index < -0.39 is 17.1 Å². The number of aliphatic hydroxyl groups is 1. The number of nitrogens with zero attached hydrogens (tertiary/aromatic N) is 1. The average Bonchev–Trinajstić information content (AvgIpc) is 2.40. The van der Waals surface area contributed by atoms with E-state index >= 15 is 0 Å². The second-order valence-corrected chi connectivity index (χ2v) is 4.75. The fourth-order valence-corrected chi connectivity index (χ4v) is 1.73. The molecule has 1 aromatic rings. The van der Waals surface area contributed by atoms with Gasteiger partial charge in [0.2, 0.25) is 0 Å². The van der Waals surface area contributed by atoms with Crippen molar-refractivity contribution in [3.05, 3.63) is 27.2 Å². The van der Waals surface area contributed by atoms with Crippen LogP contribution >= 0.6 is 0 Å². The number of nitrogens with one attached hydrogen (secondary N) is 2. The summed E-state index contributed by atoms with van der Waals surface area (Å²) < 4.78 is 0. The molecule has 0 spiro atoms. The van der Waals surface area contributed by atoms with Crippen LogP contribution < -0.4 is 10.9 Å². The fourth-order valence-electron chi connectivity index (χ4n) is 1.73. The maximum absolute atomic E-state index is 12.0. The zero-order valence-corrected chi connectivity index (χ0v) is 11.8. The molecular weight excluding hydrogens is 246 g/mol. The predicted molar refractivity (Wildman–Crippen MR) is 72.2 cm³/mol. The fraction of sp³-hybridized carbons (Fsp3) is 0.615. The van der Waals surface area contributed by atoms with Crippen molar-refractivity contribution < 1.29 is 9.90 Å². The Hall–Kier alpha value is -1.69. The third-order valence-corrected chi connectivity index (χ3v) is 3.59. The van der Waals surface area contributed by atoms with Crippen LogP contribution in [-0.2, 0) is 0 Å². The third kappa shape index (κ3) is 3.41. The quantitative estimate of drug-likeness (QED) is 0.730. The monoisotopic (exact) mass is 267 g/mol. The molecular formula is C13H21N3O3. The Balaban J connectivity index is 2.92. The molecule has 1 amide bonds. The molecule has 6 nitrogen and oxygen atoms in total. The molecule has 1 aromatic heterocycles. The topological polar surface area (TPSA) is 95.1 Å². The molecule has 0 aliphatic rings. The minimum absolute atomic E-state index is 0.0575. The highest BCUT2D eigenvalue weighted by atomic mass is 16.3. The number of rotatable bonds is 5. The first kappa shape index (κ1) is 15.4. The van der Waals surface area contributed by atoms with E-state index in [2.05, 4.69) is 15.5 Å². The summed E-state index contributed by atoms with van der Waals surface area (Å²) in [6.07, 6.45) is 1.07.